The van der Waals surface area contributed by atoms with E-state index in [9.17, 15) is 4.79 Å². The number of hydrogen-bond donors (Lipinski definition) is 2. The molecule has 1 heterocycles. The third-order valence-corrected chi connectivity index (χ3v) is 2.23. The lowest BCUT2D eigenvalue weighted by Gasteiger charge is -2.08. The highest BCUT2D eigenvalue weighted by Crippen LogP contribution is 2.21. The van der Waals surface area contributed by atoms with E-state index in [1.165, 1.54) is 4.31 Å². The van der Waals surface area contributed by atoms with Crippen LogP contribution in [0.5, 0.6) is 0 Å². The first-order chi connectivity index (χ1) is 6.31. The molecular weight excluding hydrogens is 184 g/mol. The minimum absolute atomic E-state index is 0.664. The van der Waals surface area contributed by atoms with E-state index in [0.717, 1.165) is 16.6 Å². The lowest BCUT2D eigenvalue weighted by molar-refractivity contribution is -0.106. The molecule has 0 unspecified atom stereocenters. The monoisotopic (exact) mass is 192 g/mol. The summed E-state index contributed by atoms with van der Waals surface area (Å²) in [4.78, 5) is 13.5. The molecular formula is C9H8N2OS. The van der Waals surface area contributed by atoms with Gasteiger partial charge >= 0.3 is 0 Å². The van der Waals surface area contributed by atoms with Gasteiger partial charge in [-0.1, -0.05) is 12.8 Å². The molecule has 0 saturated heterocycles. The third kappa shape index (κ3) is 1.40. The lowest BCUT2D eigenvalue weighted by atomic mass is 10.2. The van der Waals surface area contributed by atoms with Gasteiger partial charge in [-0.25, -0.2) is 0 Å². The molecule has 0 spiro atoms. The number of benzene rings is 1. The smallest absolute Gasteiger partial charge is 0.224 e. The third-order valence-electron chi connectivity index (χ3n) is 1.90. The first-order valence-electron chi connectivity index (χ1n) is 3.82. The highest BCUT2D eigenvalue weighted by molar-refractivity contribution is 7.82. The van der Waals surface area contributed by atoms with Crippen LogP contribution in [0.2, 0.25) is 0 Å². The number of nitrogens with zero attached hydrogens (tertiary/aromatic N) is 1. The average molecular weight is 192 g/mol. The highest BCUT2D eigenvalue weighted by Gasteiger charge is 2.01. The van der Waals surface area contributed by atoms with Crippen LogP contribution in [0.25, 0.3) is 10.9 Å². The molecule has 4 heteroatoms. The zero-order valence-corrected chi connectivity index (χ0v) is 7.66. The first kappa shape index (κ1) is 8.19. The summed E-state index contributed by atoms with van der Waals surface area (Å²) < 4.78 is 1.24. The molecule has 0 aliphatic heterocycles. The Morgan fingerprint density at radius 2 is 2.23 bits per heavy atom. The second-order valence-electron chi connectivity index (χ2n) is 2.70. The van der Waals surface area contributed by atoms with Crippen LogP contribution in [-0.4, -0.2) is 11.4 Å². The number of aromatic nitrogens is 1. The van der Waals surface area contributed by atoms with Crippen LogP contribution in [0.3, 0.4) is 0 Å². The SMILES string of the molecule is O=CN(S)c1ccc2[nH]ccc2c1. The Balaban J connectivity index is 2.53. The summed E-state index contributed by atoms with van der Waals surface area (Å²) >= 11 is 3.98. The number of carbonyl (C=O) groups is 1. The molecule has 0 bridgehead atoms. The summed E-state index contributed by atoms with van der Waals surface area (Å²) in [6.07, 6.45) is 2.52. The number of anilines is 1. The molecule has 0 aliphatic rings. The Labute approximate surface area is 80.9 Å². The van der Waals surface area contributed by atoms with Crippen molar-refractivity contribution in [1.29, 1.82) is 0 Å². The van der Waals surface area contributed by atoms with E-state index in [1.54, 1.807) is 0 Å². The van der Waals surface area contributed by atoms with Gasteiger partial charge in [0.25, 0.3) is 0 Å². The topological polar surface area (TPSA) is 36.1 Å². The fourth-order valence-corrected chi connectivity index (χ4v) is 1.37. The number of amides is 1. The van der Waals surface area contributed by atoms with Crippen LogP contribution in [0, 0.1) is 0 Å². The summed E-state index contributed by atoms with van der Waals surface area (Å²) in [5.74, 6) is 0. The lowest BCUT2D eigenvalue weighted by Crippen LogP contribution is -2.05. The quantitative estimate of drug-likeness (QED) is 0.554. The molecule has 0 radical (unpaired) electrons. The largest absolute Gasteiger partial charge is 0.361 e. The molecule has 1 amide bonds. The maximum Gasteiger partial charge on any atom is 0.224 e. The van der Waals surface area contributed by atoms with Gasteiger partial charge in [0, 0.05) is 17.1 Å². The van der Waals surface area contributed by atoms with Crippen molar-refractivity contribution in [2.24, 2.45) is 0 Å². The van der Waals surface area contributed by atoms with Crippen LogP contribution < -0.4 is 4.31 Å². The van der Waals surface area contributed by atoms with Gasteiger partial charge < -0.3 is 4.98 Å². The zero-order chi connectivity index (χ0) is 9.26. The van der Waals surface area contributed by atoms with Gasteiger partial charge in [-0.15, -0.1) is 0 Å². The standard InChI is InChI=1S/C9H8N2OS/c12-6-11(13)8-1-2-9-7(5-8)3-4-10-9/h1-6,10,13H. The van der Waals surface area contributed by atoms with E-state index in [2.05, 4.69) is 17.8 Å². The van der Waals surface area contributed by atoms with Crippen molar-refractivity contribution in [2.45, 2.75) is 0 Å². The normalized spacial score (nSPS) is 10.2. The first-order valence-corrected chi connectivity index (χ1v) is 4.22. The summed E-state index contributed by atoms with van der Waals surface area (Å²) in [5, 5.41) is 1.07. The zero-order valence-electron chi connectivity index (χ0n) is 6.77. The van der Waals surface area contributed by atoms with E-state index in [1.807, 2.05) is 30.5 Å². The van der Waals surface area contributed by atoms with Gasteiger partial charge in [0.15, 0.2) is 0 Å². The minimum atomic E-state index is 0.664. The van der Waals surface area contributed by atoms with E-state index in [-0.39, 0.29) is 0 Å². The Hall–Kier alpha value is -1.42. The average Bonchev–Trinajstić information content (AvgIpc) is 2.63. The van der Waals surface area contributed by atoms with Crippen LogP contribution in [-0.2, 0) is 4.79 Å². The van der Waals surface area contributed by atoms with Crippen molar-refractivity contribution in [3.8, 4) is 0 Å². The number of nitrogens with one attached hydrogen (secondary N) is 1. The Morgan fingerprint density at radius 3 is 3.00 bits per heavy atom. The molecule has 13 heavy (non-hydrogen) atoms. The van der Waals surface area contributed by atoms with Crippen molar-refractivity contribution in [2.75, 3.05) is 4.31 Å². The maximum absolute atomic E-state index is 10.4. The van der Waals surface area contributed by atoms with Crippen LogP contribution in [0.4, 0.5) is 5.69 Å². The van der Waals surface area contributed by atoms with E-state index < -0.39 is 0 Å². The Kier molecular flexibility index (Phi) is 1.98. The molecule has 0 aliphatic carbocycles. The maximum atomic E-state index is 10.4. The van der Waals surface area contributed by atoms with Gasteiger partial charge in [0.2, 0.25) is 6.41 Å². The van der Waals surface area contributed by atoms with Gasteiger partial charge in [0.05, 0.1) is 5.69 Å². The predicted molar refractivity (Wildman–Crippen MR) is 55.8 cm³/mol. The van der Waals surface area contributed by atoms with Gasteiger partial charge in [-0.2, -0.15) is 0 Å². The number of aromatic amines is 1. The molecule has 1 aromatic heterocycles. The molecule has 2 aromatic rings. The van der Waals surface area contributed by atoms with Crippen LogP contribution >= 0.6 is 12.8 Å². The predicted octanol–water partition coefficient (Wildman–Crippen LogP) is 1.98. The molecule has 66 valence electrons. The highest BCUT2D eigenvalue weighted by atomic mass is 32.1. The molecule has 0 fully saturated rings. The van der Waals surface area contributed by atoms with E-state index in [4.69, 9.17) is 0 Å². The number of thiol groups is 1. The van der Waals surface area contributed by atoms with Crippen molar-refractivity contribution >= 4 is 35.8 Å². The van der Waals surface area contributed by atoms with E-state index in [0.29, 0.717) is 6.41 Å². The molecule has 2 rings (SSSR count). The number of rotatable bonds is 2. The second-order valence-corrected chi connectivity index (χ2v) is 3.13. The number of H-pyrrole nitrogens is 1. The van der Waals surface area contributed by atoms with Gasteiger partial charge in [-0.3, -0.25) is 9.10 Å². The molecule has 0 atom stereocenters. The van der Waals surface area contributed by atoms with Crippen molar-refractivity contribution in [3.63, 3.8) is 0 Å². The fourth-order valence-electron chi connectivity index (χ4n) is 1.24. The van der Waals surface area contributed by atoms with Crippen LogP contribution in [0.15, 0.2) is 30.5 Å². The molecule has 3 nitrogen and oxygen atoms in total. The van der Waals surface area contributed by atoms with Crippen molar-refractivity contribution in [1.82, 2.24) is 4.98 Å². The van der Waals surface area contributed by atoms with Crippen molar-refractivity contribution < 1.29 is 4.79 Å². The van der Waals surface area contributed by atoms with Gasteiger partial charge in [-0.05, 0) is 24.3 Å². The number of fused-ring (bicyclic) bond motifs is 1. The summed E-state index contributed by atoms with van der Waals surface area (Å²) in [6, 6.07) is 7.59. The summed E-state index contributed by atoms with van der Waals surface area (Å²) in [6.45, 7) is 0. The summed E-state index contributed by atoms with van der Waals surface area (Å²) in [7, 11) is 0. The molecule has 1 N–H and O–H groups in total. The van der Waals surface area contributed by atoms with Crippen LogP contribution in [0.1, 0.15) is 0 Å². The molecule has 1 aromatic carbocycles. The minimum Gasteiger partial charge on any atom is -0.361 e. The Bertz CT molecular complexity index is 438. The van der Waals surface area contributed by atoms with Crippen molar-refractivity contribution in [3.05, 3.63) is 30.5 Å². The summed E-state index contributed by atoms with van der Waals surface area (Å²) in [5.41, 5.74) is 1.82. The number of carbonyl (C=O) groups excluding carboxylic acids is 1. The fraction of sp³-hybridized carbons (Fsp3) is 0. The number of hydrogen-bond acceptors (Lipinski definition) is 2. The van der Waals surface area contributed by atoms with Gasteiger partial charge in [0.1, 0.15) is 0 Å². The Morgan fingerprint density at radius 1 is 1.38 bits per heavy atom. The van der Waals surface area contributed by atoms with E-state index >= 15 is 0 Å². The molecule has 0 saturated carbocycles. The second kappa shape index (κ2) is 3.14.